The lowest BCUT2D eigenvalue weighted by atomic mass is 10.0. The van der Waals surface area contributed by atoms with Gasteiger partial charge in [0.1, 0.15) is 5.01 Å². The molecule has 1 aromatic heterocycles. The van der Waals surface area contributed by atoms with Crippen LogP contribution in [-0.4, -0.2) is 28.9 Å². The van der Waals surface area contributed by atoms with Gasteiger partial charge in [-0.15, -0.1) is 35.3 Å². The number of hydrogen-bond acceptors (Lipinski definition) is 3. The number of thiazole rings is 1. The molecular weight excluding hydrogens is 431 g/mol. The van der Waals surface area contributed by atoms with E-state index >= 15 is 0 Å². The van der Waals surface area contributed by atoms with Crippen molar-refractivity contribution >= 4 is 41.3 Å². The van der Waals surface area contributed by atoms with Crippen LogP contribution in [0.3, 0.4) is 0 Å². The molecule has 24 heavy (non-hydrogen) atoms. The lowest BCUT2D eigenvalue weighted by Gasteiger charge is -2.31. The zero-order valence-electron chi connectivity index (χ0n) is 14.2. The minimum absolute atomic E-state index is 0. The summed E-state index contributed by atoms with van der Waals surface area (Å²) in [4.78, 5) is 12.7. The Morgan fingerprint density at radius 2 is 2.12 bits per heavy atom. The molecule has 4 nitrogen and oxygen atoms in total. The van der Waals surface area contributed by atoms with Crippen LogP contribution in [-0.2, 0) is 6.54 Å². The molecule has 3 rings (SSSR count). The molecule has 1 atom stereocenters. The van der Waals surface area contributed by atoms with Crippen LogP contribution < -0.4 is 5.73 Å². The Labute approximate surface area is 165 Å². The second-order valence-corrected chi connectivity index (χ2v) is 7.35. The van der Waals surface area contributed by atoms with Gasteiger partial charge in [0, 0.05) is 23.5 Å². The maximum atomic E-state index is 6.19. The van der Waals surface area contributed by atoms with Crippen LogP contribution in [0.5, 0.6) is 0 Å². The summed E-state index contributed by atoms with van der Waals surface area (Å²) in [6.45, 7) is 6.99. The Kier molecular flexibility index (Phi) is 7.03. The molecule has 1 saturated heterocycles. The highest BCUT2D eigenvalue weighted by atomic mass is 127. The summed E-state index contributed by atoms with van der Waals surface area (Å²) < 4.78 is 0. The van der Waals surface area contributed by atoms with Crippen LogP contribution >= 0.6 is 35.3 Å². The van der Waals surface area contributed by atoms with E-state index in [-0.39, 0.29) is 24.0 Å². The lowest BCUT2D eigenvalue weighted by Crippen LogP contribution is -2.43. The van der Waals surface area contributed by atoms with Crippen LogP contribution in [0, 0.1) is 12.8 Å². The van der Waals surface area contributed by atoms with E-state index in [9.17, 15) is 0 Å². The first-order chi connectivity index (χ1) is 11.1. The number of piperidine rings is 1. The summed E-state index contributed by atoms with van der Waals surface area (Å²) in [6, 6.07) is 10.3. The lowest BCUT2D eigenvalue weighted by molar-refractivity contribution is 0.270. The average Bonchev–Trinajstić information content (AvgIpc) is 2.94. The number of aromatic nitrogens is 1. The Morgan fingerprint density at radius 3 is 2.83 bits per heavy atom. The zero-order valence-corrected chi connectivity index (χ0v) is 17.4. The normalized spacial score (nSPS) is 18.3. The minimum atomic E-state index is 0. The van der Waals surface area contributed by atoms with Gasteiger partial charge in [0.25, 0.3) is 0 Å². The monoisotopic (exact) mass is 456 g/mol. The highest BCUT2D eigenvalue weighted by Crippen LogP contribution is 2.28. The SMILES string of the molecule is Cc1nc(-c2ccccc2)sc1CN=C(N)N1CCCC(C)C1.I. The Balaban J connectivity index is 0.00000208. The van der Waals surface area contributed by atoms with E-state index in [1.54, 1.807) is 11.3 Å². The van der Waals surface area contributed by atoms with Gasteiger partial charge in [-0.2, -0.15) is 0 Å². The van der Waals surface area contributed by atoms with Gasteiger partial charge >= 0.3 is 0 Å². The molecule has 0 aliphatic carbocycles. The molecule has 0 amide bonds. The summed E-state index contributed by atoms with van der Waals surface area (Å²) in [5, 5.41) is 1.05. The summed E-state index contributed by atoms with van der Waals surface area (Å²) in [6.07, 6.45) is 2.49. The van der Waals surface area contributed by atoms with Gasteiger partial charge in [-0.1, -0.05) is 37.3 Å². The summed E-state index contributed by atoms with van der Waals surface area (Å²) in [5.74, 6) is 1.37. The molecule has 130 valence electrons. The van der Waals surface area contributed by atoms with Crippen molar-refractivity contribution in [2.24, 2.45) is 16.6 Å². The number of aliphatic imine (C=N–C) groups is 1. The molecule has 1 aromatic carbocycles. The fourth-order valence-corrected chi connectivity index (χ4v) is 3.92. The first-order valence-corrected chi connectivity index (χ1v) is 9.01. The van der Waals surface area contributed by atoms with Crippen molar-refractivity contribution in [1.29, 1.82) is 0 Å². The van der Waals surface area contributed by atoms with Crippen molar-refractivity contribution in [3.05, 3.63) is 40.9 Å². The van der Waals surface area contributed by atoms with Crippen LogP contribution in [0.15, 0.2) is 35.3 Å². The molecule has 1 aliphatic rings. The number of halogens is 1. The molecular formula is C18H25IN4S. The molecule has 1 aliphatic heterocycles. The predicted octanol–water partition coefficient (Wildman–Crippen LogP) is 4.28. The van der Waals surface area contributed by atoms with Crippen molar-refractivity contribution in [1.82, 2.24) is 9.88 Å². The summed E-state index contributed by atoms with van der Waals surface area (Å²) in [5.41, 5.74) is 8.40. The standard InChI is InChI=1S/C18H24N4S.HI/c1-13-7-6-10-22(12-13)18(19)20-11-16-14(2)21-17(23-16)15-8-4-3-5-9-15;/h3-5,8-9,13H,6-7,10-12H2,1-2H3,(H2,19,20);1H. The molecule has 0 radical (unpaired) electrons. The minimum Gasteiger partial charge on any atom is -0.370 e. The zero-order chi connectivity index (χ0) is 16.2. The molecule has 0 spiro atoms. The largest absolute Gasteiger partial charge is 0.370 e. The van der Waals surface area contributed by atoms with E-state index < -0.39 is 0 Å². The van der Waals surface area contributed by atoms with Gasteiger partial charge in [0.05, 0.1) is 12.2 Å². The van der Waals surface area contributed by atoms with E-state index in [1.165, 1.54) is 17.7 Å². The smallest absolute Gasteiger partial charge is 0.191 e. The third-order valence-corrected chi connectivity index (χ3v) is 5.47. The number of hydrogen-bond donors (Lipinski definition) is 1. The van der Waals surface area contributed by atoms with Crippen LogP contribution in [0.4, 0.5) is 0 Å². The Bertz CT molecular complexity index is 684. The quantitative estimate of drug-likeness (QED) is 0.426. The van der Waals surface area contributed by atoms with Gasteiger partial charge in [0.2, 0.25) is 0 Å². The number of aryl methyl sites for hydroxylation is 1. The second-order valence-electron chi connectivity index (χ2n) is 6.26. The second kappa shape index (κ2) is 8.80. The van der Waals surface area contributed by atoms with Gasteiger partial charge in [0.15, 0.2) is 5.96 Å². The summed E-state index contributed by atoms with van der Waals surface area (Å²) >= 11 is 1.71. The van der Waals surface area contributed by atoms with Crippen LogP contribution in [0.2, 0.25) is 0 Å². The number of guanidine groups is 1. The first kappa shape index (κ1) is 19.2. The first-order valence-electron chi connectivity index (χ1n) is 8.20. The number of nitrogens with zero attached hydrogens (tertiary/aromatic N) is 3. The molecule has 2 N–H and O–H groups in total. The van der Waals surface area contributed by atoms with Crippen molar-refractivity contribution < 1.29 is 0 Å². The van der Waals surface area contributed by atoms with Crippen LogP contribution in [0.25, 0.3) is 10.6 Å². The van der Waals surface area contributed by atoms with Crippen molar-refractivity contribution in [3.63, 3.8) is 0 Å². The number of benzene rings is 1. The number of likely N-dealkylation sites (tertiary alicyclic amines) is 1. The fraction of sp³-hybridized carbons (Fsp3) is 0.444. The van der Waals surface area contributed by atoms with E-state index in [0.29, 0.717) is 18.4 Å². The molecule has 2 aromatic rings. The van der Waals surface area contributed by atoms with Gasteiger partial charge < -0.3 is 10.6 Å². The van der Waals surface area contributed by atoms with Crippen LogP contribution in [0.1, 0.15) is 30.3 Å². The highest BCUT2D eigenvalue weighted by Gasteiger charge is 2.17. The maximum absolute atomic E-state index is 6.19. The summed E-state index contributed by atoms with van der Waals surface area (Å²) in [7, 11) is 0. The molecule has 2 heterocycles. The van der Waals surface area contributed by atoms with E-state index in [1.807, 2.05) is 25.1 Å². The highest BCUT2D eigenvalue weighted by molar-refractivity contribution is 14.0. The van der Waals surface area contributed by atoms with Gasteiger partial charge in [-0.25, -0.2) is 9.98 Å². The molecule has 1 unspecified atom stereocenters. The molecule has 0 bridgehead atoms. The molecule has 1 fully saturated rings. The van der Waals surface area contributed by atoms with Gasteiger partial charge in [-0.05, 0) is 25.7 Å². The molecule has 0 saturated carbocycles. The Morgan fingerprint density at radius 1 is 1.38 bits per heavy atom. The van der Waals surface area contributed by atoms with E-state index in [2.05, 4.69) is 33.9 Å². The number of rotatable bonds is 3. The van der Waals surface area contributed by atoms with Crippen molar-refractivity contribution in [3.8, 4) is 10.6 Å². The predicted molar refractivity (Wildman–Crippen MR) is 113 cm³/mol. The van der Waals surface area contributed by atoms with E-state index in [4.69, 9.17) is 5.73 Å². The van der Waals surface area contributed by atoms with Crippen molar-refractivity contribution in [2.45, 2.75) is 33.2 Å². The number of nitrogens with two attached hydrogens (primary N) is 1. The topological polar surface area (TPSA) is 54.5 Å². The third-order valence-electron chi connectivity index (χ3n) is 4.28. The van der Waals surface area contributed by atoms with Gasteiger partial charge in [-0.3, -0.25) is 0 Å². The Hall–Kier alpha value is -1.15. The fourth-order valence-electron chi connectivity index (χ4n) is 2.93. The molecule has 6 heteroatoms. The van der Waals surface area contributed by atoms with Crippen molar-refractivity contribution in [2.75, 3.05) is 13.1 Å². The maximum Gasteiger partial charge on any atom is 0.191 e. The average molecular weight is 456 g/mol. The van der Waals surface area contributed by atoms with E-state index in [0.717, 1.165) is 29.4 Å². The third kappa shape index (κ3) is 4.69.